The first-order valence-electron chi connectivity index (χ1n) is 12.9. The molecular formula is C28H41IO4S. The van der Waals surface area contributed by atoms with E-state index in [2.05, 4.69) is 56.4 Å². The maximum absolute atomic E-state index is 13.5. The predicted octanol–water partition coefficient (Wildman–Crippen LogP) is 6.46. The highest BCUT2D eigenvalue weighted by molar-refractivity contribution is 14.1. The molecule has 0 aromatic heterocycles. The minimum Gasteiger partial charge on any atom is -0.348 e. The number of allylic oxidation sites excluding steroid dienone is 2. The second-order valence-corrected chi connectivity index (χ2v) is 14.4. The van der Waals surface area contributed by atoms with Gasteiger partial charge < -0.3 is 9.47 Å². The van der Waals surface area contributed by atoms with Crippen LogP contribution in [0.2, 0.25) is 0 Å². The number of rotatable bonds is 7. The number of hydrogen-bond acceptors (Lipinski definition) is 4. The van der Waals surface area contributed by atoms with Crippen LogP contribution in [-0.4, -0.2) is 37.6 Å². The fourth-order valence-electron chi connectivity index (χ4n) is 6.80. The molecule has 34 heavy (non-hydrogen) atoms. The molecule has 1 saturated carbocycles. The van der Waals surface area contributed by atoms with E-state index in [9.17, 15) is 8.42 Å². The predicted molar refractivity (Wildman–Crippen MR) is 146 cm³/mol. The van der Waals surface area contributed by atoms with Crippen LogP contribution in [0.25, 0.3) is 0 Å². The van der Waals surface area contributed by atoms with Crippen molar-refractivity contribution in [3.8, 4) is 0 Å². The third-order valence-electron chi connectivity index (χ3n) is 8.65. The van der Waals surface area contributed by atoms with Gasteiger partial charge in [0.05, 0.1) is 23.9 Å². The molecule has 1 aromatic rings. The molecule has 6 atom stereocenters. The summed E-state index contributed by atoms with van der Waals surface area (Å²) in [5.74, 6) is 2.30. The van der Waals surface area contributed by atoms with Gasteiger partial charge in [-0.25, -0.2) is 8.42 Å². The highest BCUT2D eigenvalue weighted by Crippen LogP contribution is 2.55. The second-order valence-electron chi connectivity index (χ2n) is 11.4. The van der Waals surface area contributed by atoms with Crippen molar-refractivity contribution in [3.63, 3.8) is 0 Å². The molecule has 0 N–H and O–H groups in total. The van der Waals surface area contributed by atoms with Crippen LogP contribution in [0.4, 0.5) is 0 Å². The summed E-state index contributed by atoms with van der Waals surface area (Å²) in [6.45, 7) is 12.3. The van der Waals surface area contributed by atoms with E-state index in [1.165, 1.54) is 5.57 Å². The zero-order valence-electron chi connectivity index (χ0n) is 21.3. The molecule has 4 rings (SSSR count). The summed E-state index contributed by atoms with van der Waals surface area (Å²) in [4.78, 5) is 0.447. The molecule has 190 valence electrons. The lowest BCUT2D eigenvalue weighted by Gasteiger charge is -2.53. The van der Waals surface area contributed by atoms with Gasteiger partial charge in [0.2, 0.25) is 0 Å². The van der Waals surface area contributed by atoms with E-state index >= 15 is 0 Å². The topological polar surface area (TPSA) is 52.6 Å². The number of benzene rings is 1. The highest BCUT2D eigenvalue weighted by atomic mass is 127. The smallest absolute Gasteiger partial charge is 0.178 e. The average molecular weight is 601 g/mol. The van der Waals surface area contributed by atoms with Gasteiger partial charge in [-0.05, 0) is 73.8 Å². The molecule has 0 radical (unpaired) electrons. The van der Waals surface area contributed by atoms with Crippen molar-refractivity contribution in [1.82, 2.24) is 0 Å². The van der Waals surface area contributed by atoms with Gasteiger partial charge in [0.25, 0.3) is 0 Å². The largest absolute Gasteiger partial charge is 0.348 e. The molecule has 0 amide bonds. The van der Waals surface area contributed by atoms with Crippen LogP contribution in [-0.2, 0) is 19.3 Å². The van der Waals surface area contributed by atoms with Crippen molar-refractivity contribution >= 4 is 32.4 Å². The molecule has 1 aliphatic heterocycles. The van der Waals surface area contributed by atoms with Gasteiger partial charge in [-0.15, -0.1) is 0 Å². The number of ether oxygens (including phenoxy) is 2. The van der Waals surface area contributed by atoms with Crippen LogP contribution in [0.5, 0.6) is 0 Å². The van der Waals surface area contributed by atoms with E-state index in [-0.39, 0.29) is 17.6 Å². The lowest BCUT2D eigenvalue weighted by Crippen LogP contribution is -2.51. The lowest BCUT2D eigenvalue weighted by atomic mass is 9.56. The molecule has 0 unspecified atom stereocenters. The summed E-state index contributed by atoms with van der Waals surface area (Å²) in [6.07, 6.45) is 5.31. The number of alkyl halides is 1. The Hall–Kier alpha value is -0.440. The summed E-state index contributed by atoms with van der Waals surface area (Å²) in [5.41, 5.74) is 2.49. The summed E-state index contributed by atoms with van der Waals surface area (Å²) < 4.78 is 40.8. The maximum atomic E-state index is 13.5. The standard InChI is InChI=1S/C28H41IO4S/c1-18(2)27(17-34(30,31)22-8-6-19(3)7-9-22)24-13-20(4)12-23-25(21(5)16-29)14-28(15-26(23)24)32-10-11-33-28/h6-9,12,18,21,23-27H,10-11,13-17H2,1-5H3/t21-,23+,24+,25-,26-,27+/m0/s1. The minimum atomic E-state index is -3.37. The van der Waals surface area contributed by atoms with Crippen LogP contribution in [0, 0.1) is 48.3 Å². The molecule has 1 saturated heterocycles. The van der Waals surface area contributed by atoms with E-state index < -0.39 is 15.6 Å². The molecule has 1 aromatic carbocycles. The Kier molecular flexibility index (Phi) is 8.22. The number of sulfone groups is 1. The van der Waals surface area contributed by atoms with Gasteiger partial charge in [-0.2, -0.15) is 0 Å². The van der Waals surface area contributed by atoms with Gasteiger partial charge in [0.1, 0.15) is 0 Å². The van der Waals surface area contributed by atoms with Gasteiger partial charge in [-0.3, -0.25) is 0 Å². The molecule has 2 fully saturated rings. The molecule has 2 aliphatic carbocycles. The van der Waals surface area contributed by atoms with Crippen LogP contribution in [0.3, 0.4) is 0 Å². The third-order valence-corrected chi connectivity index (χ3v) is 11.9. The fraction of sp³-hybridized carbons (Fsp3) is 0.714. The normalized spacial score (nSPS) is 30.7. The van der Waals surface area contributed by atoms with Crippen molar-refractivity contribution in [2.45, 2.75) is 64.6 Å². The van der Waals surface area contributed by atoms with Crippen LogP contribution in [0.1, 0.15) is 52.5 Å². The maximum Gasteiger partial charge on any atom is 0.178 e. The Bertz CT molecular complexity index is 978. The molecule has 1 spiro atoms. The first-order valence-corrected chi connectivity index (χ1v) is 16.0. The summed E-state index contributed by atoms with van der Waals surface area (Å²) in [7, 11) is -3.37. The van der Waals surface area contributed by atoms with Crippen LogP contribution < -0.4 is 0 Å². The van der Waals surface area contributed by atoms with E-state index in [1.807, 2.05) is 19.1 Å². The minimum absolute atomic E-state index is 0.0922. The molecule has 0 bridgehead atoms. The average Bonchev–Trinajstić information content (AvgIpc) is 3.24. The van der Waals surface area contributed by atoms with Gasteiger partial charge >= 0.3 is 0 Å². The van der Waals surface area contributed by atoms with Crippen molar-refractivity contribution < 1.29 is 17.9 Å². The lowest BCUT2D eigenvalue weighted by molar-refractivity contribution is -0.216. The summed E-state index contributed by atoms with van der Waals surface area (Å²) in [5, 5.41) is 0. The third kappa shape index (κ3) is 5.45. The van der Waals surface area contributed by atoms with Crippen molar-refractivity contribution in [2.75, 3.05) is 23.4 Å². The van der Waals surface area contributed by atoms with Gasteiger partial charge in [0, 0.05) is 17.3 Å². The Morgan fingerprint density at radius 2 is 1.68 bits per heavy atom. The van der Waals surface area contributed by atoms with Crippen LogP contribution >= 0.6 is 22.6 Å². The molecule has 4 nitrogen and oxygen atoms in total. The van der Waals surface area contributed by atoms with E-state index in [0.29, 0.717) is 47.7 Å². The Labute approximate surface area is 220 Å². The molecule has 6 heteroatoms. The second kappa shape index (κ2) is 10.5. The zero-order chi connectivity index (χ0) is 24.7. The van der Waals surface area contributed by atoms with Gasteiger partial charge in [-0.1, -0.05) is 72.7 Å². The van der Waals surface area contributed by atoms with Crippen LogP contribution in [0.15, 0.2) is 40.8 Å². The van der Waals surface area contributed by atoms with E-state index in [0.717, 1.165) is 29.3 Å². The van der Waals surface area contributed by atoms with Crippen molar-refractivity contribution in [2.24, 2.45) is 41.4 Å². The SMILES string of the molecule is CC1=C[C@@H]2[C@H]([C@@H](C)CI)CC3(C[C@@H]2[C@H]([C@H](CS(=O)(=O)c2ccc(C)cc2)C(C)C)C1)OCCO3. The summed E-state index contributed by atoms with van der Waals surface area (Å²) >= 11 is 2.51. The Morgan fingerprint density at radius 1 is 1.03 bits per heavy atom. The molecule has 3 aliphatic rings. The summed E-state index contributed by atoms with van der Waals surface area (Å²) in [6, 6.07) is 7.34. The molecule has 1 heterocycles. The van der Waals surface area contributed by atoms with E-state index in [1.54, 1.807) is 12.1 Å². The number of hydrogen-bond donors (Lipinski definition) is 0. The Balaban J connectivity index is 1.69. The number of aryl methyl sites for hydroxylation is 1. The molecular weight excluding hydrogens is 559 g/mol. The fourth-order valence-corrected chi connectivity index (χ4v) is 9.33. The number of fused-ring (bicyclic) bond motifs is 1. The zero-order valence-corrected chi connectivity index (χ0v) is 24.3. The quantitative estimate of drug-likeness (QED) is 0.205. The monoisotopic (exact) mass is 600 g/mol. The first kappa shape index (κ1) is 26.6. The highest BCUT2D eigenvalue weighted by Gasteiger charge is 2.54. The van der Waals surface area contributed by atoms with Gasteiger partial charge in [0.15, 0.2) is 15.6 Å². The number of halogens is 1. The van der Waals surface area contributed by atoms with Crippen molar-refractivity contribution in [1.29, 1.82) is 0 Å². The van der Waals surface area contributed by atoms with Crippen molar-refractivity contribution in [3.05, 3.63) is 41.5 Å². The Morgan fingerprint density at radius 3 is 2.26 bits per heavy atom. The van der Waals surface area contributed by atoms with E-state index in [4.69, 9.17) is 9.47 Å². The first-order chi connectivity index (χ1) is 16.0.